The number of rotatable bonds is 6. The normalized spacial score (nSPS) is 26.5. The summed E-state index contributed by atoms with van der Waals surface area (Å²) < 4.78 is 5.87. The molecular weight excluding hydrogens is 200 g/mol. The lowest BCUT2D eigenvalue weighted by molar-refractivity contribution is -0.132. The molecule has 1 fully saturated rings. The summed E-state index contributed by atoms with van der Waals surface area (Å²) in [6, 6.07) is 0. The van der Waals surface area contributed by atoms with E-state index in [-0.39, 0.29) is 12.2 Å². The average Bonchev–Trinajstić information content (AvgIpc) is 2.24. The van der Waals surface area contributed by atoms with Crippen LogP contribution in [0, 0.1) is 0 Å². The van der Waals surface area contributed by atoms with Crippen LogP contribution in [-0.4, -0.2) is 18.0 Å². The highest BCUT2D eigenvalue weighted by atomic mass is 16.5. The second kappa shape index (κ2) is 7.61. The maximum Gasteiger partial charge on any atom is 0.138 e. The lowest BCUT2D eigenvalue weighted by Crippen LogP contribution is -2.31. The van der Waals surface area contributed by atoms with Gasteiger partial charge in [-0.1, -0.05) is 44.8 Å². The van der Waals surface area contributed by atoms with Crippen LogP contribution in [0.1, 0.15) is 58.8 Å². The van der Waals surface area contributed by atoms with Crippen LogP contribution in [0.2, 0.25) is 0 Å². The van der Waals surface area contributed by atoms with Gasteiger partial charge in [0.05, 0.1) is 12.2 Å². The van der Waals surface area contributed by atoms with E-state index in [1.165, 1.54) is 25.7 Å². The topological polar surface area (TPSA) is 26.3 Å². The fraction of sp³-hybridized carbons (Fsp3) is 0.786. The third-order valence-electron chi connectivity index (χ3n) is 3.04. The third-order valence-corrected chi connectivity index (χ3v) is 3.04. The monoisotopic (exact) mass is 224 g/mol. The average molecular weight is 224 g/mol. The summed E-state index contributed by atoms with van der Waals surface area (Å²) in [4.78, 5) is 11.5. The van der Waals surface area contributed by atoms with Crippen molar-refractivity contribution in [3.8, 4) is 0 Å². The Kier molecular flexibility index (Phi) is 6.39. The second-order valence-electron chi connectivity index (χ2n) is 4.62. The Hall–Kier alpha value is -0.630. The first-order chi connectivity index (χ1) is 7.76. The Bertz CT molecular complexity index is 233. The first kappa shape index (κ1) is 13.4. The van der Waals surface area contributed by atoms with Gasteiger partial charge in [0.15, 0.2) is 0 Å². The summed E-state index contributed by atoms with van der Waals surface area (Å²) in [6.45, 7) is 4.18. The Balaban J connectivity index is 2.27. The zero-order valence-corrected chi connectivity index (χ0v) is 10.6. The molecule has 0 aromatic rings. The van der Waals surface area contributed by atoms with Crippen LogP contribution < -0.4 is 0 Å². The summed E-state index contributed by atoms with van der Waals surface area (Å²) in [6.07, 6.45) is 11.4. The smallest absolute Gasteiger partial charge is 0.138 e. The van der Waals surface area contributed by atoms with E-state index in [2.05, 4.69) is 6.92 Å². The number of ketones is 1. The zero-order chi connectivity index (χ0) is 11.8. The SMILES string of the molecule is C/C=C/[C@H]1CC(=O)C[C@@H](CCCCCC)O1. The fourth-order valence-corrected chi connectivity index (χ4v) is 2.20. The van der Waals surface area contributed by atoms with Crippen molar-refractivity contribution in [2.75, 3.05) is 0 Å². The lowest BCUT2D eigenvalue weighted by Gasteiger charge is -2.27. The molecule has 2 heteroatoms. The molecule has 0 saturated carbocycles. The molecule has 1 rings (SSSR count). The number of ether oxygens (including phenoxy) is 1. The summed E-state index contributed by atoms with van der Waals surface area (Å²) in [5, 5.41) is 0. The van der Waals surface area contributed by atoms with E-state index in [1.54, 1.807) is 0 Å². The summed E-state index contributed by atoms with van der Waals surface area (Å²) >= 11 is 0. The van der Waals surface area contributed by atoms with Gasteiger partial charge in [-0.25, -0.2) is 0 Å². The summed E-state index contributed by atoms with van der Waals surface area (Å²) in [7, 11) is 0. The van der Waals surface area contributed by atoms with Crippen molar-refractivity contribution >= 4 is 5.78 Å². The fourth-order valence-electron chi connectivity index (χ4n) is 2.20. The molecule has 0 amide bonds. The molecular formula is C14H24O2. The van der Waals surface area contributed by atoms with Crippen molar-refractivity contribution in [2.45, 2.75) is 71.0 Å². The van der Waals surface area contributed by atoms with Gasteiger partial charge in [-0.2, -0.15) is 0 Å². The molecule has 1 heterocycles. The Morgan fingerprint density at radius 3 is 2.81 bits per heavy atom. The molecule has 0 aromatic heterocycles. The van der Waals surface area contributed by atoms with E-state index in [0.29, 0.717) is 18.6 Å². The predicted octanol–water partition coefficient (Wildman–Crippen LogP) is 3.65. The Labute approximate surface area is 99.1 Å². The van der Waals surface area contributed by atoms with Crippen LogP contribution >= 0.6 is 0 Å². The van der Waals surface area contributed by atoms with Gasteiger partial charge < -0.3 is 4.74 Å². The number of carbonyl (C=O) groups excluding carboxylic acids is 1. The summed E-state index contributed by atoms with van der Waals surface area (Å²) in [5.41, 5.74) is 0. The standard InChI is InChI=1S/C14H24O2/c1-3-5-6-7-9-14-11-12(15)10-13(16-14)8-4-2/h4,8,13-14H,3,5-7,9-11H2,1-2H3/b8-4+/t13-,14+/m0/s1. The van der Waals surface area contributed by atoms with E-state index >= 15 is 0 Å². The Morgan fingerprint density at radius 1 is 1.31 bits per heavy atom. The van der Waals surface area contributed by atoms with Gasteiger partial charge in [-0.3, -0.25) is 4.79 Å². The molecule has 0 aromatic carbocycles. The number of unbranched alkanes of at least 4 members (excludes halogenated alkanes) is 3. The van der Waals surface area contributed by atoms with E-state index in [1.807, 2.05) is 19.1 Å². The van der Waals surface area contributed by atoms with Gasteiger partial charge in [0.1, 0.15) is 5.78 Å². The van der Waals surface area contributed by atoms with Gasteiger partial charge >= 0.3 is 0 Å². The molecule has 0 radical (unpaired) electrons. The molecule has 1 aliphatic heterocycles. The second-order valence-corrected chi connectivity index (χ2v) is 4.62. The van der Waals surface area contributed by atoms with Gasteiger partial charge in [0, 0.05) is 12.8 Å². The van der Waals surface area contributed by atoms with Crippen molar-refractivity contribution < 1.29 is 9.53 Å². The van der Waals surface area contributed by atoms with Crippen LogP contribution in [0.25, 0.3) is 0 Å². The highest BCUT2D eigenvalue weighted by Gasteiger charge is 2.25. The molecule has 92 valence electrons. The van der Waals surface area contributed by atoms with Crippen LogP contribution in [0.4, 0.5) is 0 Å². The lowest BCUT2D eigenvalue weighted by atomic mass is 9.98. The number of hydrogen-bond donors (Lipinski definition) is 0. The minimum Gasteiger partial charge on any atom is -0.370 e. The van der Waals surface area contributed by atoms with Crippen LogP contribution in [0.5, 0.6) is 0 Å². The molecule has 0 spiro atoms. The molecule has 0 unspecified atom stereocenters. The number of hydrogen-bond acceptors (Lipinski definition) is 2. The van der Waals surface area contributed by atoms with E-state index in [9.17, 15) is 4.79 Å². The molecule has 1 aliphatic rings. The molecule has 1 saturated heterocycles. The number of allylic oxidation sites excluding steroid dienone is 1. The van der Waals surface area contributed by atoms with Crippen molar-refractivity contribution in [1.82, 2.24) is 0 Å². The first-order valence-corrected chi connectivity index (χ1v) is 6.56. The maximum absolute atomic E-state index is 11.5. The Morgan fingerprint density at radius 2 is 2.12 bits per heavy atom. The molecule has 0 bridgehead atoms. The molecule has 0 aliphatic carbocycles. The van der Waals surface area contributed by atoms with Gasteiger partial charge in [0.25, 0.3) is 0 Å². The van der Waals surface area contributed by atoms with E-state index in [4.69, 9.17) is 4.74 Å². The zero-order valence-electron chi connectivity index (χ0n) is 10.6. The molecule has 16 heavy (non-hydrogen) atoms. The predicted molar refractivity (Wildman–Crippen MR) is 66.5 cm³/mol. The van der Waals surface area contributed by atoms with Crippen LogP contribution in [0.3, 0.4) is 0 Å². The minimum atomic E-state index is 0.0300. The third kappa shape index (κ3) is 4.93. The largest absolute Gasteiger partial charge is 0.370 e. The van der Waals surface area contributed by atoms with Crippen molar-refractivity contribution in [1.29, 1.82) is 0 Å². The van der Waals surface area contributed by atoms with Gasteiger partial charge in [-0.05, 0) is 13.3 Å². The van der Waals surface area contributed by atoms with Crippen LogP contribution in [-0.2, 0) is 9.53 Å². The highest BCUT2D eigenvalue weighted by molar-refractivity contribution is 5.80. The quantitative estimate of drug-likeness (QED) is 0.508. The van der Waals surface area contributed by atoms with E-state index < -0.39 is 0 Å². The van der Waals surface area contributed by atoms with Gasteiger partial charge in [-0.15, -0.1) is 0 Å². The highest BCUT2D eigenvalue weighted by Crippen LogP contribution is 2.21. The van der Waals surface area contributed by atoms with Crippen molar-refractivity contribution in [3.63, 3.8) is 0 Å². The maximum atomic E-state index is 11.5. The molecule has 2 nitrogen and oxygen atoms in total. The minimum absolute atomic E-state index is 0.0300. The molecule has 2 atom stereocenters. The van der Waals surface area contributed by atoms with Crippen molar-refractivity contribution in [3.05, 3.63) is 12.2 Å². The van der Waals surface area contributed by atoms with E-state index in [0.717, 1.165) is 6.42 Å². The number of carbonyl (C=O) groups is 1. The molecule has 0 N–H and O–H groups in total. The van der Waals surface area contributed by atoms with Gasteiger partial charge in [0.2, 0.25) is 0 Å². The van der Waals surface area contributed by atoms with Crippen molar-refractivity contribution in [2.24, 2.45) is 0 Å². The summed E-state index contributed by atoms with van der Waals surface area (Å²) in [5.74, 6) is 0.356. The first-order valence-electron chi connectivity index (χ1n) is 6.56. The number of Topliss-reactive ketones (excluding diaryl/α,β-unsaturated/α-hetero) is 1. The van der Waals surface area contributed by atoms with Crippen LogP contribution in [0.15, 0.2) is 12.2 Å².